The zero-order valence-corrected chi connectivity index (χ0v) is 7.82. The molecule has 2 nitrogen and oxygen atoms in total. The van der Waals surface area contributed by atoms with Crippen LogP contribution in [0, 0.1) is 0 Å². The Bertz CT molecular complexity index is 283. The van der Waals surface area contributed by atoms with Crippen molar-refractivity contribution >= 4 is 0 Å². The molecule has 0 aromatic heterocycles. The molecular weight excluding hydrogens is 164 g/mol. The van der Waals surface area contributed by atoms with Crippen LogP contribution in [-0.2, 0) is 15.9 Å². The Kier molecular flexibility index (Phi) is 2.62. The van der Waals surface area contributed by atoms with Crippen LogP contribution < -0.4 is 0 Å². The number of rotatable bonds is 2. The lowest BCUT2D eigenvalue weighted by Gasteiger charge is -2.25. The van der Waals surface area contributed by atoms with Crippen molar-refractivity contribution in [2.24, 2.45) is 0 Å². The minimum atomic E-state index is -0.144. The van der Waals surface area contributed by atoms with Gasteiger partial charge in [0.1, 0.15) is 0 Å². The summed E-state index contributed by atoms with van der Waals surface area (Å²) < 4.78 is 11.0. The van der Waals surface area contributed by atoms with Crippen molar-refractivity contribution in [3.63, 3.8) is 0 Å². The van der Waals surface area contributed by atoms with E-state index in [0.717, 1.165) is 13.0 Å². The summed E-state index contributed by atoms with van der Waals surface area (Å²) in [5.41, 5.74) is 2.54. The van der Waals surface area contributed by atoms with Gasteiger partial charge in [0.15, 0.2) is 6.29 Å². The minimum absolute atomic E-state index is 0.144. The molecule has 0 fully saturated rings. The molecule has 13 heavy (non-hydrogen) atoms. The summed E-state index contributed by atoms with van der Waals surface area (Å²) in [5.74, 6) is 0. The lowest BCUT2D eigenvalue weighted by Crippen LogP contribution is -2.18. The molecule has 1 aromatic carbocycles. The molecule has 2 heteroatoms. The zero-order valence-electron chi connectivity index (χ0n) is 7.82. The van der Waals surface area contributed by atoms with E-state index in [9.17, 15) is 0 Å². The third-order valence-corrected chi connectivity index (χ3v) is 2.27. The Labute approximate surface area is 78.5 Å². The van der Waals surface area contributed by atoms with Gasteiger partial charge in [0.25, 0.3) is 0 Å². The molecule has 1 aliphatic rings. The summed E-state index contributed by atoms with van der Waals surface area (Å²) in [5, 5.41) is 0. The van der Waals surface area contributed by atoms with Gasteiger partial charge in [-0.1, -0.05) is 24.3 Å². The van der Waals surface area contributed by atoms with Crippen molar-refractivity contribution in [1.29, 1.82) is 0 Å². The van der Waals surface area contributed by atoms with Gasteiger partial charge in [0.05, 0.1) is 6.61 Å². The van der Waals surface area contributed by atoms with Gasteiger partial charge in [-0.15, -0.1) is 0 Å². The van der Waals surface area contributed by atoms with Crippen LogP contribution in [0.3, 0.4) is 0 Å². The molecule has 0 aliphatic carbocycles. The first kappa shape index (κ1) is 8.73. The van der Waals surface area contributed by atoms with E-state index in [0.29, 0.717) is 6.61 Å². The van der Waals surface area contributed by atoms with Gasteiger partial charge in [-0.2, -0.15) is 0 Å². The highest BCUT2D eigenvalue weighted by Gasteiger charge is 2.19. The Morgan fingerprint density at radius 1 is 1.46 bits per heavy atom. The lowest BCUT2D eigenvalue weighted by molar-refractivity contribution is -0.150. The molecule has 1 atom stereocenters. The summed E-state index contributed by atoms with van der Waals surface area (Å²) in [4.78, 5) is 0. The van der Waals surface area contributed by atoms with Gasteiger partial charge in [-0.05, 0) is 18.9 Å². The highest BCUT2D eigenvalue weighted by molar-refractivity contribution is 5.29. The molecule has 70 valence electrons. The topological polar surface area (TPSA) is 18.5 Å². The predicted molar refractivity (Wildman–Crippen MR) is 50.5 cm³/mol. The van der Waals surface area contributed by atoms with Crippen molar-refractivity contribution in [1.82, 2.24) is 0 Å². The summed E-state index contributed by atoms with van der Waals surface area (Å²) in [6, 6.07) is 8.31. The summed E-state index contributed by atoms with van der Waals surface area (Å²) >= 11 is 0. The molecule has 0 saturated heterocycles. The smallest absolute Gasteiger partial charge is 0.184 e. The number of hydrogen-bond acceptors (Lipinski definition) is 2. The Balaban J connectivity index is 2.26. The molecule has 2 rings (SSSR count). The summed E-state index contributed by atoms with van der Waals surface area (Å²) in [6.07, 6.45) is 0.856. The molecule has 1 aliphatic heterocycles. The molecule has 1 heterocycles. The van der Waals surface area contributed by atoms with E-state index < -0.39 is 0 Å². The van der Waals surface area contributed by atoms with Crippen LogP contribution in [0.2, 0.25) is 0 Å². The Morgan fingerprint density at radius 2 is 2.31 bits per heavy atom. The van der Waals surface area contributed by atoms with E-state index in [1.807, 2.05) is 13.0 Å². The Hall–Kier alpha value is -0.860. The van der Waals surface area contributed by atoms with Crippen LogP contribution >= 0.6 is 0 Å². The van der Waals surface area contributed by atoms with E-state index in [1.54, 1.807) is 0 Å². The van der Waals surface area contributed by atoms with E-state index in [4.69, 9.17) is 9.47 Å². The number of ether oxygens (including phenoxy) is 2. The molecule has 0 bridgehead atoms. The minimum Gasteiger partial charge on any atom is -0.349 e. The van der Waals surface area contributed by atoms with E-state index in [-0.39, 0.29) is 6.29 Å². The van der Waals surface area contributed by atoms with Crippen LogP contribution in [-0.4, -0.2) is 13.2 Å². The molecule has 0 saturated carbocycles. The fourth-order valence-electron chi connectivity index (χ4n) is 1.65. The summed E-state index contributed by atoms with van der Waals surface area (Å²) in [6.45, 7) is 3.45. The van der Waals surface area contributed by atoms with Crippen LogP contribution in [0.4, 0.5) is 0 Å². The second-order valence-electron chi connectivity index (χ2n) is 3.11. The molecule has 1 unspecified atom stereocenters. The fraction of sp³-hybridized carbons (Fsp3) is 0.455. The maximum absolute atomic E-state index is 5.52. The number of hydrogen-bond donors (Lipinski definition) is 0. The first-order valence-corrected chi connectivity index (χ1v) is 4.73. The van der Waals surface area contributed by atoms with Gasteiger partial charge in [-0.25, -0.2) is 0 Å². The molecular formula is C11H14O2. The van der Waals surface area contributed by atoms with Gasteiger partial charge in [-0.3, -0.25) is 0 Å². The number of fused-ring (bicyclic) bond motifs is 1. The number of benzene rings is 1. The first-order valence-electron chi connectivity index (χ1n) is 4.73. The predicted octanol–water partition coefficient (Wildman–Crippen LogP) is 2.29. The maximum atomic E-state index is 5.52. The average molecular weight is 178 g/mol. The van der Waals surface area contributed by atoms with Crippen molar-refractivity contribution in [2.45, 2.75) is 19.6 Å². The lowest BCUT2D eigenvalue weighted by atomic mass is 10.0. The largest absolute Gasteiger partial charge is 0.349 e. The van der Waals surface area contributed by atoms with Gasteiger partial charge >= 0.3 is 0 Å². The van der Waals surface area contributed by atoms with Gasteiger partial charge in [0.2, 0.25) is 0 Å². The van der Waals surface area contributed by atoms with Crippen LogP contribution in [0.25, 0.3) is 0 Å². The van der Waals surface area contributed by atoms with Crippen molar-refractivity contribution < 1.29 is 9.47 Å². The third kappa shape index (κ3) is 1.74. The van der Waals surface area contributed by atoms with Crippen molar-refractivity contribution in [3.8, 4) is 0 Å². The second kappa shape index (κ2) is 3.90. The highest BCUT2D eigenvalue weighted by atomic mass is 16.7. The molecule has 1 aromatic rings. The van der Waals surface area contributed by atoms with Crippen molar-refractivity contribution in [3.05, 3.63) is 35.4 Å². The van der Waals surface area contributed by atoms with E-state index >= 15 is 0 Å². The van der Waals surface area contributed by atoms with E-state index in [1.165, 1.54) is 11.1 Å². The highest BCUT2D eigenvalue weighted by Crippen LogP contribution is 2.27. The molecule has 0 N–H and O–H groups in total. The fourth-order valence-corrected chi connectivity index (χ4v) is 1.65. The van der Waals surface area contributed by atoms with E-state index in [2.05, 4.69) is 18.2 Å². The van der Waals surface area contributed by atoms with Crippen LogP contribution in [0.15, 0.2) is 24.3 Å². The van der Waals surface area contributed by atoms with Crippen LogP contribution in [0.1, 0.15) is 24.3 Å². The normalized spacial score (nSPS) is 21.2. The molecule has 0 amide bonds. The molecule has 0 spiro atoms. The first-order chi connectivity index (χ1) is 6.42. The van der Waals surface area contributed by atoms with Gasteiger partial charge in [0, 0.05) is 12.2 Å². The molecule has 0 radical (unpaired) electrons. The average Bonchev–Trinajstić information content (AvgIpc) is 2.19. The third-order valence-electron chi connectivity index (χ3n) is 2.27. The Morgan fingerprint density at radius 3 is 3.15 bits per heavy atom. The monoisotopic (exact) mass is 178 g/mol. The maximum Gasteiger partial charge on any atom is 0.184 e. The second-order valence-corrected chi connectivity index (χ2v) is 3.11. The standard InChI is InChI=1S/C11H14O2/c1-2-12-11-10-6-4-3-5-9(10)7-8-13-11/h3-6,11H,2,7-8H2,1H3. The summed E-state index contributed by atoms with van der Waals surface area (Å²) in [7, 11) is 0. The quantitative estimate of drug-likeness (QED) is 0.691. The van der Waals surface area contributed by atoms with Gasteiger partial charge < -0.3 is 9.47 Å². The van der Waals surface area contributed by atoms with Crippen LogP contribution in [0.5, 0.6) is 0 Å². The SMILES string of the molecule is CCOC1OCCc2ccccc21. The zero-order chi connectivity index (χ0) is 9.10. The van der Waals surface area contributed by atoms with Crippen molar-refractivity contribution in [2.75, 3.05) is 13.2 Å².